The summed E-state index contributed by atoms with van der Waals surface area (Å²) in [6.45, 7) is 5.80. The third kappa shape index (κ3) is 4.61. The Bertz CT molecular complexity index is 968. The number of carbonyl (C=O) groups is 1. The van der Waals surface area contributed by atoms with E-state index >= 15 is 0 Å². The zero-order valence-electron chi connectivity index (χ0n) is 15.8. The smallest absolute Gasteiger partial charge is 0.274 e. The summed E-state index contributed by atoms with van der Waals surface area (Å²) < 4.78 is 5.16. The Balaban J connectivity index is 1.79. The highest BCUT2D eigenvalue weighted by Gasteiger charge is 2.12. The van der Waals surface area contributed by atoms with Gasteiger partial charge >= 0.3 is 0 Å². The van der Waals surface area contributed by atoms with Crippen LogP contribution in [0.1, 0.15) is 27.4 Å². The number of ether oxygens (including phenoxy) is 1. The summed E-state index contributed by atoms with van der Waals surface area (Å²) in [5.41, 5.74) is 4.18. The maximum absolute atomic E-state index is 12.6. The van der Waals surface area contributed by atoms with Crippen molar-refractivity contribution in [1.29, 1.82) is 0 Å². The second kappa shape index (κ2) is 7.86. The summed E-state index contributed by atoms with van der Waals surface area (Å²) in [6.07, 6.45) is 0. The number of carbonyl (C=O) groups excluding carboxylic acids is 1. The molecule has 0 aliphatic rings. The minimum absolute atomic E-state index is 0.276. The first-order chi connectivity index (χ1) is 12.9. The number of rotatable bonds is 5. The number of amides is 1. The normalized spacial score (nSPS) is 10.4. The van der Waals surface area contributed by atoms with Crippen molar-refractivity contribution in [3.05, 3.63) is 71.2 Å². The average molecular weight is 362 g/mol. The van der Waals surface area contributed by atoms with Crippen molar-refractivity contribution in [3.63, 3.8) is 0 Å². The summed E-state index contributed by atoms with van der Waals surface area (Å²) in [5, 5.41) is 6.07. The monoisotopic (exact) mass is 362 g/mol. The van der Waals surface area contributed by atoms with E-state index < -0.39 is 0 Å². The van der Waals surface area contributed by atoms with Crippen molar-refractivity contribution < 1.29 is 9.53 Å². The SMILES string of the molecule is COc1ccc(Nc2cc(C(=O)Nc3ccc(C)c(C)c3)nc(C)n2)cc1. The molecule has 3 rings (SSSR count). The largest absolute Gasteiger partial charge is 0.497 e. The standard InChI is InChI=1S/C21H22N4O2/c1-13-5-6-17(11-14(13)2)25-21(26)19-12-20(23-15(3)22-19)24-16-7-9-18(27-4)10-8-16/h5-12H,1-4H3,(H,25,26)(H,22,23,24). The van der Waals surface area contributed by atoms with Crippen LogP contribution in [-0.4, -0.2) is 23.0 Å². The third-order valence-corrected chi connectivity index (χ3v) is 4.20. The van der Waals surface area contributed by atoms with E-state index in [4.69, 9.17) is 4.74 Å². The van der Waals surface area contributed by atoms with Crippen molar-refractivity contribution in [2.24, 2.45) is 0 Å². The van der Waals surface area contributed by atoms with Crippen molar-refractivity contribution in [1.82, 2.24) is 9.97 Å². The number of hydrogen-bond acceptors (Lipinski definition) is 5. The number of nitrogens with one attached hydrogen (secondary N) is 2. The molecule has 1 aromatic heterocycles. The first-order valence-electron chi connectivity index (χ1n) is 8.60. The van der Waals surface area contributed by atoms with Gasteiger partial charge in [-0.1, -0.05) is 6.07 Å². The first-order valence-corrected chi connectivity index (χ1v) is 8.60. The molecule has 0 spiro atoms. The molecule has 0 fully saturated rings. The van der Waals surface area contributed by atoms with Gasteiger partial charge in [-0.15, -0.1) is 0 Å². The molecule has 6 heteroatoms. The molecular formula is C21H22N4O2. The second-order valence-corrected chi connectivity index (χ2v) is 6.29. The van der Waals surface area contributed by atoms with Gasteiger partial charge in [-0.3, -0.25) is 4.79 Å². The molecule has 0 bridgehead atoms. The molecule has 0 aliphatic heterocycles. The number of benzene rings is 2. The summed E-state index contributed by atoms with van der Waals surface area (Å²) in [7, 11) is 1.62. The summed E-state index contributed by atoms with van der Waals surface area (Å²) in [5.74, 6) is 1.56. The predicted octanol–water partition coefficient (Wildman–Crippen LogP) is 4.41. The lowest BCUT2D eigenvalue weighted by Gasteiger charge is -2.10. The summed E-state index contributed by atoms with van der Waals surface area (Å²) in [4.78, 5) is 21.2. The van der Waals surface area contributed by atoms with Crippen LogP contribution < -0.4 is 15.4 Å². The van der Waals surface area contributed by atoms with Gasteiger partial charge < -0.3 is 15.4 Å². The van der Waals surface area contributed by atoms with E-state index in [-0.39, 0.29) is 5.91 Å². The molecule has 0 unspecified atom stereocenters. The Kier molecular flexibility index (Phi) is 5.35. The first kappa shape index (κ1) is 18.4. The number of nitrogens with zero attached hydrogens (tertiary/aromatic N) is 2. The molecule has 2 aromatic carbocycles. The average Bonchev–Trinajstić information content (AvgIpc) is 2.65. The fraction of sp³-hybridized carbons (Fsp3) is 0.190. The maximum Gasteiger partial charge on any atom is 0.274 e. The van der Waals surface area contributed by atoms with Gasteiger partial charge in [-0.25, -0.2) is 9.97 Å². The van der Waals surface area contributed by atoms with Crippen LogP contribution in [0.25, 0.3) is 0 Å². The van der Waals surface area contributed by atoms with Crippen LogP contribution in [0.2, 0.25) is 0 Å². The Hall–Kier alpha value is -3.41. The Labute approximate surface area is 158 Å². The number of anilines is 3. The van der Waals surface area contributed by atoms with Gasteiger partial charge in [0.1, 0.15) is 23.1 Å². The predicted molar refractivity (Wildman–Crippen MR) is 107 cm³/mol. The molecule has 27 heavy (non-hydrogen) atoms. The zero-order chi connectivity index (χ0) is 19.4. The molecule has 0 atom stereocenters. The van der Waals surface area contributed by atoms with E-state index in [0.29, 0.717) is 17.3 Å². The lowest BCUT2D eigenvalue weighted by molar-refractivity contribution is 0.102. The van der Waals surface area contributed by atoms with Crippen LogP contribution in [-0.2, 0) is 0 Å². The van der Waals surface area contributed by atoms with Crippen LogP contribution in [0.3, 0.4) is 0 Å². The molecule has 0 saturated carbocycles. The van der Waals surface area contributed by atoms with Gasteiger partial charge in [0, 0.05) is 17.4 Å². The molecule has 1 amide bonds. The minimum Gasteiger partial charge on any atom is -0.497 e. The maximum atomic E-state index is 12.6. The Morgan fingerprint density at radius 3 is 2.26 bits per heavy atom. The molecule has 2 N–H and O–H groups in total. The van der Waals surface area contributed by atoms with Crippen LogP contribution in [0, 0.1) is 20.8 Å². The fourth-order valence-corrected chi connectivity index (χ4v) is 2.58. The second-order valence-electron chi connectivity index (χ2n) is 6.29. The van der Waals surface area contributed by atoms with Crippen LogP contribution in [0.5, 0.6) is 5.75 Å². The lowest BCUT2D eigenvalue weighted by Crippen LogP contribution is -2.15. The molecule has 3 aromatic rings. The third-order valence-electron chi connectivity index (χ3n) is 4.20. The number of aromatic nitrogens is 2. The van der Waals surface area contributed by atoms with Gasteiger partial charge in [0.15, 0.2) is 0 Å². The van der Waals surface area contributed by atoms with E-state index in [1.54, 1.807) is 20.1 Å². The minimum atomic E-state index is -0.276. The van der Waals surface area contributed by atoms with Gasteiger partial charge in [-0.2, -0.15) is 0 Å². The Morgan fingerprint density at radius 2 is 1.59 bits per heavy atom. The fourth-order valence-electron chi connectivity index (χ4n) is 2.58. The van der Waals surface area contributed by atoms with Gasteiger partial charge in [0.2, 0.25) is 0 Å². The van der Waals surface area contributed by atoms with E-state index in [0.717, 1.165) is 22.7 Å². The van der Waals surface area contributed by atoms with E-state index in [2.05, 4.69) is 20.6 Å². The number of methoxy groups -OCH3 is 1. The molecule has 0 radical (unpaired) electrons. The quantitative estimate of drug-likeness (QED) is 0.703. The number of hydrogen-bond donors (Lipinski definition) is 2. The van der Waals surface area contributed by atoms with Gasteiger partial charge in [-0.05, 0) is 68.3 Å². The highest BCUT2D eigenvalue weighted by molar-refractivity contribution is 6.03. The van der Waals surface area contributed by atoms with E-state index in [1.807, 2.05) is 56.3 Å². The lowest BCUT2D eigenvalue weighted by atomic mass is 10.1. The van der Waals surface area contributed by atoms with Gasteiger partial charge in [0.05, 0.1) is 7.11 Å². The molecule has 138 valence electrons. The van der Waals surface area contributed by atoms with Crippen molar-refractivity contribution in [2.75, 3.05) is 17.7 Å². The van der Waals surface area contributed by atoms with Crippen LogP contribution in [0.15, 0.2) is 48.5 Å². The van der Waals surface area contributed by atoms with Crippen LogP contribution >= 0.6 is 0 Å². The van der Waals surface area contributed by atoms with E-state index in [9.17, 15) is 4.79 Å². The van der Waals surface area contributed by atoms with Gasteiger partial charge in [0.25, 0.3) is 5.91 Å². The Morgan fingerprint density at radius 1 is 0.889 bits per heavy atom. The molecule has 1 heterocycles. The summed E-state index contributed by atoms with van der Waals surface area (Å²) in [6, 6.07) is 14.9. The van der Waals surface area contributed by atoms with Crippen LogP contribution in [0.4, 0.5) is 17.2 Å². The summed E-state index contributed by atoms with van der Waals surface area (Å²) >= 11 is 0. The highest BCUT2D eigenvalue weighted by Crippen LogP contribution is 2.20. The highest BCUT2D eigenvalue weighted by atomic mass is 16.5. The van der Waals surface area contributed by atoms with Crippen molar-refractivity contribution in [2.45, 2.75) is 20.8 Å². The molecule has 0 saturated heterocycles. The topological polar surface area (TPSA) is 76.1 Å². The molecular weight excluding hydrogens is 340 g/mol. The van der Waals surface area contributed by atoms with Crippen molar-refractivity contribution >= 4 is 23.1 Å². The number of aryl methyl sites for hydroxylation is 3. The zero-order valence-corrected chi connectivity index (χ0v) is 15.8. The molecule has 0 aliphatic carbocycles. The van der Waals surface area contributed by atoms with Crippen molar-refractivity contribution in [3.8, 4) is 5.75 Å². The molecule has 6 nitrogen and oxygen atoms in total. The van der Waals surface area contributed by atoms with E-state index in [1.165, 1.54) is 5.56 Å².